The van der Waals surface area contributed by atoms with Crippen molar-refractivity contribution >= 4 is 11.9 Å². The number of carbonyl (C=O) groups is 2. The summed E-state index contributed by atoms with van der Waals surface area (Å²) in [7, 11) is 2.70. The third-order valence-corrected chi connectivity index (χ3v) is 0.575. The average molecular weight is 180 g/mol. The Morgan fingerprint density at radius 3 is 0.917 bits per heavy atom. The Morgan fingerprint density at radius 2 is 0.917 bits per heavy atom. The minimum Gasteiger partial charge on any atom is -0.469 e. The standard InChI is InChI=1S/2C3H6O2.2CH4/c2*1-3(4)5-2;;/h2*1-2H3;2*1H4. The van der Waals surface area contributed by atoms with Crippen molar-refractivity contribution in [3.8, 4) is 0 Å². The van der Waals surface area contributed by atoms with E-state index in [9.17, 15) is 9.59 Å². The zero-order valence-electron chi connectivity index (χ0n) is 6.63. The topological polar surface area (TPSA) is 52.6 Å². The van der Waals surface area contributed by atoms with Crippen molar-refractivity contribution in [3.05, 3.63) is 0 Å². The Bertz CT molecular complexity index is 95.6. The molecule has 0 rings (SSSR count). The smallest absolute Gasteiger partial charge is 0.302 e. The number of ether oxygens (including phenoxy) is 2. The first-order valence-corrected chi connectivity index (χ1v) is 2.63. The summed E-state index contributed by atoms with van der Waals surface area (Å²) in [4.78, 5) is 19.2. The van der Waals surface area contributed by atoms with Gasteiger partial charge in [0, 0.05) is 13.8 Å². The van der Waals surface area contributed by atoms with E-state index in [1.165, 1.54) is 28.1 Å². The third-order valence-electron chi connectivity index (χ3n) is 0.575. The fraction of sp³-hybridized carbons (Fsp3) is 0.750. The van der Waals surface area contributed by atoms with Gasteiger partial charge in [-0.1, -0.05) is 14.9 Å². The van der Waals surface area contributed by atoms with Gasteiger partial charge in [-0.25, -0.2) is 0 Å². The molecule has 0 bridgehead atoms. The molecule has 0 N–H and O–H groups in total. The maximum atomic E-state index is 9.59. The normalized spacial score (nSPS) is 5.67. The summed E-state index contributed by atoms with van der Waals surface area (Å²) in [5.74, 6) is -0.491. The first kappa shape index (κ1) is 22.4. The van der Waals surface area contributed by atoms with Gasteiger partial charge in [-0.2, -0.15) is 0 Å². The summed E-state index contributed by atoms with van der Waals surface area (Å²) in [5.41, 5.74) is 0. The molecule has 0 fully saturated rings. The summed E-state index contributed by atoms with van der Waals surface area (Å²) < 4.78 is 8.22. The van der Waals surface area contributed by atoms with E-state index in [4.69, 9.17) is 0 Å². The molecule has 4 heteroatoms. The Hall–Kier alpha value is -1.06. The fourth-order valence-electron chi connectivity index (χ4n) is 0. The summed E-state index contributed by atoms with van der Waals surface area (Å²) >= 11 is 0. The van der Waals surface area contributed by atoms with Gasteiger partial charge in [0.05, 0.1) is 14.2 Å². The van der Waals surface area contributed by atoms with Crippen molar-refractivity contribution < 1.29 is 19.1 Å². The first-order chi connectivity index (χ1) is 4.54. The molecular weight excluding hydrogens is 160 g/mol. The van der Waals surface area contributed by atoms with Crippen molar-refractivity contribution in [2.75, 3.05) is 14.2 Å². The molecule has 0 saturated heterocycles. The lowest BCUT2D eigenvalue weighted by Gasteiger charge is -1.80. The van der Waals surface area contributed by atoms with Crippen molar-refractivity contribution in [3.63, 3.8) is 0 Å². The minimum absolute atomic E-state index is 0. The molecule has 0 spiro atoms. The first-order valence-electron chi connectivity index (χ1n) is 2.63. The van der Waals surface area contributed by atoms with Crippen molar-refractivity contribution in [1.82, 2.24) is 0 Å². The monoisotopic (exact) mass is 180 g/mol. The highest BCUT2D eigenvalue weighted by Gasteiger charge is 1.76. The predicted octanol–water partition coefficient (Wildman–Crippen LogP) is 1.63. The van der Waals surface area contributed by atoms with E-state index in [2.05, 4.69) is 9.47 Å². The molecule has 0 aliphatic heterocycles. The van der Waals surface area contributed by atoms with Gasteiger partial charge >= 0.3 is 11.9 Å². The largest absolute Gasteiger partial charge is 0.469 e. The lowest BCUT2D eigenvalue weighted by molar-refractivity contribution is -0.138. The highest BCUT2D eigenvalue weighted by atomic mass is 16.5. The number of hydrogen-bond acceptors (Lipinski definition) is 4. The average Bonchev–Trinajstić information content (AvgIpc) is 1.89. The number of carbonyl (C=O) groups excluding carboxylic acids is 2. The molecule has 0 aliphatic rings. The Morgan fingerprint density at radius 1 is 0.833 bits per heavy atom. The van der Waals surface area contributed by atoms with Crippen molar-refractivity contribution in [1.29, 1.82) is 0 Å². The van der Waals surface area contributed by atoms with E-state index in [-0.39, 0.29) is 26.8 Å². The second kappa shape index (κ2) is 16.5. The van der Waals surface area contributed by atoms with Crippen molar-refractivity contribution in [2.24, 2.45) is 0 Å². The van der Waals surface area contributed by atoms with Crippen LogP contribution in [0.15, 0.2) is 0 Å². The van der Waals surface area contributed by atoms with Crippen LogP contribution >= 0.6 is 0 Å². The second-order valence-electron chi connectivity index (χ2n) is 1.39. The number of esters is 2. The maximum Gasteiger partial charge on any atom is 0.302 e. The molecule has 0 aliphatic carbocycles. The lowest BCUT2D eigenvalue weighted by Crippen LogP contribution is -1.88. The lowest BCUT2D eigenvalue weighted by atomic mass is 10.8. The Labute approximate surface area is 74.9 Å². The van der Waals surface area contributed by atoms with Gasteiger partial charge < -0.3 is 9.47 Å². The zero-order chi connectivity index (χ0) is 8.57. The number of rotatable bonds is 0. The molecule has 0 aromatic heterocycles. The van der Waals surface area contributed by atoms with Crippen LogP contribution in [0.2, 0.25) is 0 Å². The van der Waals surface area contributed by atoms with Crippen LogP contribution in [-0.2, 0) is 19.1 Å². The minimum atomic E-state index is -0.245. The van der Waals surface area contributed by atoms with Gasteiger partial charge in [0.1, 0.15) is 0 Å². The van der Waals surface area contributed by atoms with E-state index >= 15 is 0 Å². The fourth-order valence-corrected chi connectivity index (χ4v) is 0. The molecule has 12 heavy (non-hydrogen) atoms. The molecule has 0 radical (unpaired) electrons. The van der Waals surface area contributed by atoms with Crippen LogP contribution in [0.25, 0.3) is 0 Å². The van der Waals surface area contributed by atoms with E-state index in [0.717, 1.165) is 0 Å². The van der Waals surface area contributed by atoms with E-state index in [0.29, 0.717) is 0 Å². The molecule has 0 atom stereocenters. The molecule has 0 amide bonds. The van der Waals surface area contributed by atoms with Crippen LogP contribution in [0.3, 0.4) is 0 Å². The van der Waals surface area contributed by atoms with E-state index < -0.39 is 0 Å². The Kier molecular flexibility index (Phi) is 30.8. The van der Waals surface area contributed by atoms with Gasteiger partial charge in [-0.05, 0) is 0 Å². The van der Waals surface area contributed by atoms with Gasteiger partial charge in [0.2, 0.25) is 0 Å². The summed E-state index contributed by atoms with van der Waals surface area (Å²) in [6, 6.07) is 0. The summed E-state index contributed by atoms with van der Waals surface area (Å²) in [5, 5.41) is 0. The molecule has 76 valence electrons. The number of hydrogen-bond donors (Lipinski definition) is 0. The van der Waals surface area contributed by atoms with Crippen LogP contribution in [-0.4, -0.2) is 26.2 Å². The summed E-state index contributed by atoms with van der Waals surface area (Å²) in [6.45, 7) is 2.72. The number of methoxy groups -OCH3 is 2. The van der Waals surface area contributed by atoms with Crippen LogP contribution in [0.1, 0.15) is 28.7 Å². The Balaban J connectivity index is -0.0000000457. The van der Waals surface area contributed by atoms with Crippen LogP contribution in [0.4, 0.5) is 0 Å². The quantitative estimate of drug-likeness (QED) is 0.532. The van der Waals surface area contributed by atoms with Crippen LogP contribution in [0, 0.1) is 0 Å². The SMILES string of the molecule is C.C.COC(C)=O.COC(C)=O. The highest BCUT2D eigenvalue weighted by molar-refractivity contribution is 5.65. The molecule has 0 saturated carbocycles. The molecular formula is C8H20O4. The molecule has 0 heterocycles. The molecule has 0 aromatic carbocycles. The van der Waals surface area contributed by atoms with Gasteiger partial charge in [0.15, 0.2) is 0 Å². The summed E-state index contributed by atoms with van der Waals surface area (Å²) in [6.07, 6.45) is 0. The van der Waals surface area contributed by atoms with E-state index in [1.54, 1.807) is 0 Å². The molecule has 0 aromatic rings. The molecule has 0 unspecified atom stereocenters. The van der Waals surface area contributed by atoms with Crippen LogP contribution < -0.4 is 0 Å². The second-order valence-corrected chi connectivity index (χ2v) is 1.39. The predicted molar refractivity (Wildman–Crippen MR) is 48.8 cm³/mol. The van der Waals surface area contributed by atoms with Gasteiger partial charge in [0.25, 0.3) is 0 Å². The third kappa shape index (κ3) is 65.2. The van der Waals surface area contributed by atoms with Gasteiger partial charge in [-0.15, -0.1) is 0 Å². The van der Waals surface area contributed by atoms with Gasteiger partial charge in [-0.3, -0.25) is 9.59 Å². The highest BCUT2D eigenvalue weighted by Crippen LogP contribution is 1.60. The molecule has 4 nitrogen and oxygen atoms in total. The van der Waals surface area contributed by atoms with Crippen LogP contribution in [0.5, 0.6) is 0 Å². The maximum absolute atomic E-state index is 9.59. The van der Waals surface area contributed by atoms with Crippen molar-refractivity contribution in [2.45, 2.75) is 28.7 Å². The van der Waals surface area contributed by atoms with E-state index in [1.807, 2.05) is 0 Å². The zero-order valence-corrected chi connectivity index (χ0v) is 6.63.